The van der Waals surface area contributed by atoms with Gasteiger partial charge in [-0.2, -0.15) is 145 Å². The van der Waals surface area contributed by atoms with Crippen LogP contribution in [0, 0.1) is 0 Å². The van der Waals surface area contributed by atoms with Gasteiger partial charge in [0, 0.05) is 15.9 Å². The molecule has 0 aliphatic heterocycles. The fourth-order valence-corrected chi connectivity index (χ4v) is 2.46. The lowest BCUT2D eigenvalue weighted by Crippen LogP contribution is -2.72. The average molecular weight is 979 g/mol. The maximum atomic E-state index is 14.4. The summed E-state index contributed by atoms with van der Waals surface area (Å²) < 4.78 is 443. The van der Waals surface area contributed by atoms with Crippen LogP contribution in [0.4, 0.5) is 145 Å². The van der Waals surface area contributed by atoms with Crippen LogP contribution >= 0.6 is 15.9 Å². The van der Waals surface area contributed by atoms with Crippen molar-refractivity contribution < 1.29 is 169 Å². The van der Waals surface area contributed by atoms with E-state index in [0.29, 0.717) is 0 Å². The number of alkyl halides is 34. The van der Waals surface area contributed by atoms with E-state index in [2.05, 4.69) is 0 Å². The quantitative estimate of drug-likeness (QED) is 0.121. The molecule has 0 radical (unpaired) electrons. The average Bonchev–Trinajstić information content (AvgIpc) is 2.82. The van der Waals surface area contributed by atoms with Gasteiger partial charge in [-0.1, -0.05) is 0 Å². The molecule has 332 valence electrons. The molecule has 0 fully saturated rings. The predicted octanol–water partition coefficient (Wildman–Crippen LogP) is 11.1. The molecule has 0 unspecified atom stereocenters. The van der Waals surface area contributed by atoms with E-state index in [1.165, 1.54) is 4.74 Å². The summed E-state index contributed by atoms with van der Waals surface area (Å²) in [5, 5.41) is 0. The molecule has 0 saturated heterocycles. The fraction of sp³-hybridized carbons (Fsp3) is 1.00. The zero-order valence-electron chi connectivity index (χ0n) is 22.9. The summed E-state index contributed by atoms with van der Waals surface area (Å²) in [7, 11) is 0. The molecule has 0 saturated carbocycles. The van der Waals surface area contributed by atoms with Gasteiger partial charge in [-0.05, 0) is 0 Å². The fourth-order valence-electron chi connectivity index (χ4n) is 2.37. The zero-order chi connectivity index (χ0) is 45.5. The molecule has 0 spiro atoms. The van der Waals surface area contributed by atoms with E-state index in [9.17, 15) is 145 Å². The van der Waals surface area contributed by atoms with Crippen LogP contribution in [0.3, 0.4) is 0 Å². The van der Waals surface area contributed by atoms with Crippen LogP contribution in [0.5, 0.6) is 0 Å². The van der Waals surface area contributed by atoms with E-state index in [1.54, 1.807) is 0 Å². The molecule has 0 N–H and O–H groups in total. The van der Waals surface area contributed by atoms with Crippen molar-refractivity contribution in [3.8, 4) is 0 Å². The van der Waals surface area contributed by atoms with Gasteiger partial charge in [-0.25, -0.2) is 4.74 Å². The highest BCUT2D eigenvalue weighted by atomic mass is 79.9. The molecule has 0 aromatic heterocycles. The summed E-state index contributed by atoms with van der Waals surface area (Å²) in [5.41, 5.74) is 0. The van der Waals surface area contributed by atoms with Gasteiger partial charge in [0.2, 0.25) is 0 Å². The van der Waals surface area contributed by atoms with Crippen LogP contribution in [0.2, 0.25) is 0 Å². The first kappa shape index (κ1) is 53.0. The number of ether oxygens (including phenoxy) is 5. The van der Waals surface area contributed by atoms with Crippen molar-refractivity contribution >= 4 is 15.9 Å². The van der Waals surface area contributed by atoms with Gasteiger partial charge >= 0.3 is 95.8 Å². The summed E-state index contributed by atoms with van der Waals surface area (Å²) in [6.07, 6.45) is -95.4. The summed E-state index contributed by atoms with van der Waals surface area (Å²) in [6.45, 7) is 0. The van der Waals surface area contributed by atoms with E-state index in [0.717, 1.165) is 18.9 Å². The Morgan fingerprint density at radius 1 is 0.200 bits per heavy atom. The first-order chi connectivity index (χ1) is 23.0. The lowest BCUT2D eigenvalue weighted by atomic mass is 10.2. The monoisotopic (exact) mass is 978 g/mol. The molecule has 0 aliphatic carbocycles. The van der Waals surface area contributed by atoms with E-state index < -0.39 is 95.8 Å². The van der Waals surface area contributed by atoms with Crippen molar-refractivity contribution in [1.82, 2.24) is 0 Å². The van der Waals surface area contributed by atoms with Gasteiger partial charge in [-0.3, -0.25) is 18.9 Å². The predicted molar refractivity (Wildman–Crippen MR) is 94.6 cm³/mol. The largest absolute Gasteiger partial charge is 0.483 e. The molecule has 39 heteroatoms. The Hall–Kier alpha value is -2.03. The van der Waals surface area contributed by atoms with Crippen LogP contribution in [0.15, 0.2) is 0 Å². The summed E-state index contributed by atoms with van der Waals surface area (Å²) in [5.74, 6) is -36.5. The maximum Gasteiger partial charge on any atom is 0.483 e. The topological polar surface area (TPSA) is 46.2 Å². The molecule has 0 bridgehead atoms. The molecule has 5 nitrogen and oxygen atoms in total. The van der Waals surface area contributed by atoms with Crippen molar-refractivity contribution in [1.29, 1.82) is 0 Å². The standard InChI is InChI=1S/C16BrF33O5/c17-5(22,23)15(47,48)54-3(20,8(30,31)32)13(43,44)52-1(18,6(24,25)26)11(39,40)51-2(19,7(27,28)29)12(41,42)53-4(21,9(33,34)35)14(45,46)55-16(49,50)10(36,37)38/t1-,2-,3-,4-/m1/s1. The van der Waals surface area contributed by atoms with E-state index in [1.807, 2.05) is 0 Å². The molecule has 0 aromatic carbocycles. The third-order valence-electron chi connectivity index (χ3n) is 4.95. The summed E-state index contributed by atoms with van der Waals surface area (Å²) in [4.78, 5) is -6.68. The highest BCUT2D eigenvalue weighted by Crippen LogP contribution is 2.62. The van der Waals surface area contributed by atoms with Crippen molar-refractivity contribution in [2.75, 3.05) is 0 Å². The molecule has 4 atom stereocenters. The van der Waals surface area contributed by atoms with Gasteiger partial charge in [0.1, 0.15) is 0 Å². The number of hydrogen-bond donors (Lipinski definition) is 0. The Balaban J connectivity index is 7.84. The molecule has 55 heavy (non-hydrogen) atoms. The number of rotatable bonds is 15. The minimum Gasteiger partial charge on any atom is -0.263 e. The summed E-state index contributed by atoms with van der Waals surface area (Å²) >= 11 is 0.257. The molecule has 0 amide bonds. The Morgan fingerprint density at radius 3 is 0.509 bits per heavy atom. The van der Waals surface area contributed by atoms with Gasteiger partial charge in [-0.15, -0.1) is 0 Å². The Labute approximate surface area is 281 Å². The maximum absolute atomic E-state index is 14.4. The van der Waals surface area contributed by atoms with Crippen LogP contribution in [-0.4, -0.2) is 95.8 Å². The molecule has 0 heterocycles. The summed E-state index contributed by atoms with van der Waals surface area (Å²) in [6, 6.07) is 0. The smallest absolute Gasteiger partial charge is 0.263 e. The third-order valence-corrected chi connectivity index (χ3v) is 5.41. The minimum atomic E-state index is -9.42. The van der Waals surface area contributed by atoms with Crippen LogP contribution in [-0.2, 0) is 23.7 Å². The lowest BCUT2D eigenvalue weighted by Gasteiger charge is -2.44. The Bertz CT molecular complexity index is 1340. The second kappa shape index (κ2) is 13.8. The number of halogens is 34. The first-order valence-electron chi connectivity index (χ1n) is 11.0. The van der Waals surface area contributed by atoms with Crippen LogP contribution in [0.1, 0.15) is 0 Å². The lowest BCUT2D eigenvalue weighted by molar-refractivity contribution is -0.600. The normalized spacial score (nSPS) is 20.4. The van der Waals surface area contributed by atoms with Crippen molar-refractivity contribution in [2.24, 2.45) is 0 Å². The Kier molecular flexibility index (Phi) is 13.3. The molecule has 0 aromatic rings. The van der Waals surface area contributed by atoms with Gasteiger partial charge in [0.05, 0.1) is 0 Å². The van der Waals surface area contributed by atoms with E-state index >= 15 is 0 Å². The van der Waals surface area contributed by atoms with Crippen molar-refractivity contribution in [3.05, 3.63) is 0 Å². The molecular weight excluding hydrogens is 979 g/mol. The second-order valence-corrected chi connectivity index (χ2v) is 9.97. The minimum absolute atomic E-state index is 0.257. The number of hydrogen-bond acceptors (Lipinski definition) is 5. The highest BCUT2D eigenvalue weighted by molar-refractivity contribution is 9.10. The van der Waals surface area contributed by atoms with Gasteiger partial charge in [0.15, 0.2) is 0 Å². The molecule has 0 aliphatic rings. The van der Waals surface area contributed by atoms with E-state index in [4.69, 9.17) is 0 Å². The van der Waals surface area contributed by atoms with Crippen molar-refractivity contribution in [3.63, 3.8) is 0 Å². The van der Waals surface area contributed by atoms with Gasteiger partial charge in [0.25, 0.3) is 0 Å². The zero-order valence-corrected chi connectivity index (χ0v) is 24.5. The third kappa shape index (κ3) is 9.32. The second-order valence-electron chi connectivity index (χ2n) is 8.98. The molecule has 0 rings (SSSR count). The van der Waals surface area contributed by atoms with E-state index in [-0.39, 0.29) is 15.9 Å². The highest BCUT2D eigenvalue weighted by Gasteiger charge is 2.90. The van der Waals surface area contributed by atoms with Gasteiger partial charge < -0.3 is 0 Å². The van der Waals surface area contributed by atoms with Crippen LogP contribution in [0.25, 0.3) is 0 Å². The van der Waals surface area contributed by atoms with Crippen LogP contribution < -0.4 is 0 Å². The molecular formula is C16BrF33O5. The first-order valence-corrected chi connectivity index (χ1v) is 11.8. The SMILES string of the molecule is FC(F)(F)C(F)(F)OC(F)(F)[C@](F)(OC(F)(F)[C@](F)(OC(F)(F)[C@](F)(OC(F)(F)[C@](F)(OC(F)(F)C(F)(F)Br)C(F)(F)F)C(F)(F)F)C(F)(F)F)C(F)(F)F. The van der Waals surface area contributed by atoms with Crippen molar-refractivity contribution in [2.45, 2.75) is 95.8 Å². The Morgan fingerprint density at radius 2 is 0.364 bits per heavy atom.